The molecule has 3 aromatic carbocycles. The van der Waals surface area contributed by atoms with Gasteiger partial charge >= 0.3 is 0 Å². The predicted molar refractivity (Wildman–Crippen MR) is 127 cm³/mol. The van der Waals surface area contributed by atoms with E-state index in [1.165, 1.54) is 12.1 Å². The second kappa shape index (κ2) is 6.72. The van der Waals surface area contributed by atoms with Crippen LogP contribution in [0.1, 0.15) is 22.3 Å². The van der Waals surface area contributed by atoms with E-state index in [1.54, 1.807) is 24.3 Å². The van der Waals surface area contributed by atoms with Crippen molar-refractivity contribution in [2.75, 3.05) is 0 Å². The summed E-state index contributed by atoms with van der Waals surface area (Å²) in [7, 11) is 0. The van der Waals surface area contributed by atoms with Crippen LogP contribution in [0, 0.1) is 27.7 Å². The maximum absolute atomic E-state index is 13.2. The summed E-state index contributed by atoms with van der Waals surface area (Å²) in [6.45, 7) is 7.61. The van der Waals surface area contributed by atoms with E-state index in [0.29, 0.717) is 11.4 Å². The molecule has 0 N–H and O–H groups in total. The Morgan fingerprint density at radius 1 is 0.531 bits per heavy atom. The molecule has 0 bridgehead atoms. The average molecular weight is 424 g/mol. The number of aromatic nitrogens is 2. The van der Waals surface area contributed by atoms with Crippen molar-refractivity contribution in [1.82, 2.24) is 9.13 Å². The van der Waals surface area contributed by atoms with Crippen LogP contribution in [-0.4, -0.2) is 9.13 Å². The largest absolute Gasteiger partial charge is 0.268 e. The first-order chi connectivity index (χ1) is 15.2. The van der Waals surface area contributed by atoms with E-state index in [2.05, 4.69) is 0 Å². The fourth-order valence-electron chi connectivity index (χ4n) is 4.27. The summed E-state index contributed by atoms with van der Waals surface area (Å²) in [5.41, 5.74) is 2.77. The van der Waals surface area contributed by atoms with Gasteiger partial charge in [-0.2, -0.15) is 0 Å². The van der Waals surface area contributed by atoms with Crippen molar-refractivity contribution >= 4 is 21.5 Å². The van der Waals surface area contributed by atoms with Crippen LogP contribution in [0.5, 0.6) is 0 Å². The first-order valence-electron chi connectivity index (χ1n) is 10.3. The van der Waals surface area contributed by atoms with Crippen molar-refractivity contribution in [3.05, 3.63) is 112 Å². The number of hydrogen-bond acceptors (Lipinski definition) is 4. The van der Waals surface area contributed by atoms with Crippen LogP contribution in [0.3, 0.4) is 0 Å². The Bertz CT molecular complexity index is 1720. The zero-order chi connectivity index (χ0) is 22.9. The van der Waals surface area contributed by atoms with Crippen LogP contribution in [0.2, 0.25) is 0 Å². The average Bonchev–Trinajstić information content (AvgIpc) is 3.15. The summed E-state index contributed by atoms with van der Waals surface area (Å²) in [4.78, 5) is 52.7. The molecule has 0 aliphatic rings. The van der Waals surface area contributed by atoms with Gasteiger partial charge in [-0.3, -0.25) is 19.2 Å². The summed E-state index contributed by atoms with van der Waals surface area (Å²) >= 11 is 0. The van der Waals surface area contributed by atoms with Crippen molar-refractivity contribution in [3.8, 4) is 11.4 Å². The number of nitrogens with zero attached hydrogens (tertiary/aromatic N) is 2. The molecule has 158 valence electrons. The smallest absolute Gasteiger partial charge is 0.266 e. The van der Waals surface area contributed by atoms with E-state index in [1.807, 2.05) is 39.8 Å². The Morgan fingerprint density at radius 3 is 1.59 bits per heavy atom. The molecule has 5 aromatic rings. The highest BCUT2D eigenvalue weighted by molar-refractivity contribution is 5.98. The summed E-state index contributed by atoms with van der Waals surface area (Å²) in [6, 6.07) is 13.5. The molecule has 32 heavy (non-hydrogen) atoms. The number of rotatable bonds is 2. The fraction of sp³-hybridized carbons (Fsp3) is 0.154. The molecule has 0 saturated heterocycles. The van der Waals surface area contributed by atoms with Crippen molar-refractivity contribution < 1.29 is 0 Å². The minimum atomic E-state index is -0.499. The molecule has 0 amide bonds. The molecule has 5 rings (SSSR count). The number of benzene rings is 3. The van der Waals surface area contributed by atoms with Gasteiger partial charge in [0.1, 0.15) is 0 Å². The lowest BCUT2D eigenvalue weighted by atomic mass is 10.1. The Balaban J connectivity index is 1.85. The van der Waals surface area contributed by atoms with E-state index in [4.69, 9.17) is 0 Å². The van der Waals surface area contributed by atoms with Crippen LogP contribution in [-0.2, 0) is 0 Å². The molecule has 0 atom stereocenters. The number of hydrogen-bond donors (Lipinski definition) is 0. The molecular formula is C26H20N2O4. The molecular weight excluding hydrogens is 404 g/mol. The standard InChI is InChI=1S/C26H20N2O4/c1-13-8-9-17(10-15(13)3)27-23(29)18-11-20-21(12-19(18)24(27)30)26(32)28(25(20)31)22-7-5-6-14(2)16(22)4/h5-12H,1-4H3. The SMILES string of the molecule is Cc1ccc(-n2c(=O)c3cc4c(=O)n(-c5cccc(C)c5C)c(=O)c4cc3c2=O)cc1C. The van der Waals surface area contributed by atoms with Crippen molar-refractivity contribution in [2.45, 2.75) is 27.7 Å². The second-order valence-corrected chi connectivity index (χ2v) is 8.32. The van der Waals surface area contributed by atoms with Gasteiger partial charge in [0, 0.05) is 0 Å². The molecule has 6 nitrogen and oxygen atoms in total. The van der Waals surface area contributed by atoms with E-state index in [0.717, 1.165) is 31.4 Å². The monoisotopic (exact) mass is 424 g/mol. The summed E-state index contributed by atoms with van der Waals surface area (Å²) in [6.07, 6.45) is 0. The van der Waals surface area contributed by atoms with Crippen LogP contribution in [0.4, 0.5) is 0 Å². The first-order valence-corrected chi connectivity index (χ1v) is 10.3. The highest BCUT2D eigenvalue weighted by atomic mass is 16.2. The minimum absolute atomic E-state index is 0.135. The van der Waals surface area contributed by atoms with E-state index < -0.39 is 22.2 Å². The highest BCUT2D eigenvalue weighted by Gasteiger charge is 2.21. The quantitative estimate of drug-likeness (QED) is 0.436. The van der Waals surface area contributed by atoms with Crippen LogP contribution in [0.25, 0.3) is 32.9 Å². The third kappa shape index (κ3) is 2.59. The number of fused-ring (bicyclic) bond motifs is 2. The normalized spacial score (nSPS) is 11.6. The van der Waals surface area contributed by atoms with Gasteiger partial charge < -0.3 is 0 Å². The maximum atomic E-state index is 13.2. The summed E-state index contributed by atoms with van der Waals surface area (Å²) < 4.78 is 2.22. The molecule has 0 fully saturated rings. The molecule has 0 saturated carbocycles. The van der Waals surface area contributed by atoms with E-state index in [9.17, 15) is 19.2 Å². The fourth-order valence-corrected chi connectivity index (χ4v) is 4.27. The van der Waals surface area contributed by atoms with Gasteiger partial charge in [-0.1, -0.05) is 18.2 Å². The Morgan fingerprint density at radius 2 is 1.06 bits per heavy atom. The third-order valence-corrected chi connectivity index (χ3v) is 6.46. The molecule has 0 unspecified atom stereocenters. The van der Waals surface area contributed by atoms with Crippen molar-refractivity contribution in [3.63, 3.8) is 0 Å². The molecule has 2 aromatic heterocycles. The summed E-state index contributed by atoms with van der Waals surface area (Å²) in [5, 5.41) is 0.544. The third-order valence-electron chi connectivity index (χ3n) is 6.46. The van der Waals surface area contributed by atoms with Crippen LogP contribution in [0.15, 0.2) is 67.7 Å². The molecule has 0 aliphatic heterocycles. The Labute approximate surface area is 182 Å². The van der Waals surface area contributed by atoms with Gasteiger partial charge in [-0.15, -0.1) is 0 Å². The lowest BCUT2D eigenvalue weighted by Crippen LogP contribution is -2.24. The lowest BCUT2D eigenvalue weighted by molar-refractivity contribution is 0.973. The van der Waals surface area contributed by atoms with Crippen molar-refractivity contribution in [1.29, 1.82) is 0 Å². The molecule has 0 aliphatic carbocycles. The summed E-state index contributed by atoms with van der Waals surface area (Å²) in [5.74, 6) is 0. The predicted octanol–water partition coefficient (Wildman–Crippen LogP) is 3.12. The van der Waals surface area contributed by atoms with Gasteiger partial charge in [-0.25, -0.2) is 9.13 Å². The Kier molecular flexibility index (Phi) is 4.17. The van der Waals surface area contributed by atoms with Gasteiger partial charge in [-0.05, 0) is 80.3 Å². The lowest BCUT2D eigenvalue weighted by Gasteiger charge is -2.07. The molecule has 0 spiro atoms. The Hall–Kier alpha value is -4.06. The van der Waals surface area contributed by atoms with E-state index >= 15 is 0 Å². The van der Waals surface area contributed by atoms with Gasteiger partial charge in [0.15, 0.2) is 0 Å². The highest BCUT2D eigenvalue weighted by Crippen LogP contribution is 2.20. The molecule has 0 radical (unpaired) electrons. The van der Waals surface area contributed by atoms with Crippen molar-refractivity contribution in [2.24, 2.45) is 0 Å². The molecule has 2 heterocycles. The van der Waals surface area contributed by atoms with E-state index in [-0.39, 0.29) is 21.5 Å². The molecule has 6 heteroatoms. The van der Waals surface area contributed by atoms with Crippen LogP contribution >= 0.6 is 0 Å². The zero-order valence-electron chi connectivity index (χ0n) is 18.1. The number of aryl methyl sites for hydroxylation is 3. The minimum Gasteiger partial charge on any atom is -0.268 e. The van der Waals surface area contributed by atoms with Gasteiger partial charge in [0.25, 0.3) is 22.2 Å². The first kappa shape index (κ1) is 19.9. The van der Waals surface area contributed by atoms with Gasteiger partial charge in [0.05, 0.1) is 32.9 Å². The van der Waals surface area contributed by atoms with Crippen LogP contribution < -0.4 is 22.2 Å². The topological polar surface area (TPSA) is 78.1 Å². The second-order valence-electron chi connectivity index (χ2n) is 8.32. The van der Waals surface area contributed by atoms with Gasteiger partial charge in [0.2, 0.25) is 0 Å². The zero-order valence-corrected chi connectivity index (χ0v) is 18.1. The maximum Gasteiger partial charge on any atom is 0.266 e.